The van der Waals surface area contributed by atoms with E-state index < -0.39 is 0 Å². The Bertz CT molecular complexity index is 513. The molecule has 7 heteroatoms. The molecule has 0 aromatic carbocycles. The van der Waals surface area contributed by atoms with E-state index in [4.69, 9.17) is 0 Å². The van der Waals surface area contributed by atoms with E-state index in [0.29, 0.717) is 23.3 Å². The van der Waals surface area contributed by atoms with Gasteiger partial charge in [0.25, 0.3) is 0 Å². The zero-order chi connectivity index (χ0) is 12.8. The van der Waals surface area contributed by atoms with Gasteiger partial charge in [0.05, 0.1) is 5.75 Å². The first-order valence-electron chi connectivity index (χ1n) is 5.53. The Kier molecular flexibility index (Phi) is 4.30. The predicted octanol–water partition coefficient (Wildman–Crippen LogP) is 1.09. The van der Waals surface area contributed by atoms with Crippen molar-refractivity contribution >= 4 is 17.7 Å². The first kappa shape index (κ1) is 12.6. The number of carbonyl (C=O) groups is 1. The second kappa shape index (κ2) is 6.15. The summed E-state index contributed by atoms with van der Waals surface area (Å²) in [5.74, 6) is 0.897. The van der Waals surface area contributed by atoms with Crippen LogP contribution in [0.5, 0.6) is 0 Å². The van der Waals surface area contributed by atoms with Gasteiger partial charge in [-0.15, -0.1) is 5.10 Å². The number of hydrogen-bond donors (Lipinski definition) is 2. The molecule has 0 radical (unpaired) electrons. The van der Waals surface area contributed by atoms with Gasteiger partial charge >= 0.3 is 0 Å². The van der Waals surface area contributed by atoms with Crippen LogP contribution in [-0.2, 0) is 4.79 Å². The largest absolute Gasteiger partial charge is 0.356 e. The molecule has 6 nitrogen and oxygen atoms in total. The highest BCUT2D eigenvalue weighted by molar-refractivity contribution is 7.99. The van der Waals surface area contributed by atoms with Gasteiger partial charge in [0.15, 0.2) is 5.82 Å². The molecule has 0 saturated heterocycles. The Morgan fingerprint density at radius 3 is 3.11 bits per heavy atom. The Hall–Kier alpha value is -1.89. The molecule has 2 aromatic heterocycles. The van der Waals surface area contributed by atoms with Crippen LogP contribution in [0.2, 0.25) is 0 Å². The molecule has 2 aromatic rings. The molecule has 0 atom stereocenters. The fourth-order valence-corrected chi connectivity index (χ4v) is 1.93. The molecule has 0 aliphatic rings. The average molecular weight is 263 g/mol. The van der Waals surface area contributed by atoms with E-state index in [2.05, 4.69) is 25.5 Å². The van der Waals surface area contributed by atoms with Gasteiger partial charge in [-0.05, 0) is 19.1 Å². The standard InChI is InChI=1S/C11H13N5OS/c1-2-12-9(17)7-18-11-14-10(15-16-11)8-5-3-4-6-13-8/h3-6H,2,7H2,1H3,(H,12,17)(H,14,15,16). The molecule has 0 spiro atoms. The Morgan fingerprint density at radius 2 is 2.39 bits per heavy atom. The molecule has 2 heterocycles. The van der Waals surface area contributed by atoms with Crippen LogP contribution in [-0.4, -0.2) is 38.4 Å². The highest BCUT2D eigenvalue weighted by Crippen LogP contribution is 2.16. The van der Waals surface area contributed by atoms with E-state index in [-0.39, 0.29) is 5.91 Å². The maximum Gasteiger partial charge on any atom is 0.230 e. The van der Waals surface area contributed by atoms with Crippen molar-refractivity contribution in [2.75, 3.05) is 12.3 Å². The highest BCUT2D eigenvalue weighted by atomic mass is 32.2. The first-order chi connectivity index (χ1) is 8.79. The molecule has 1 amide bonds. The minimum atomic E-state index is -0.0216. The zero-order valence-electron chi connectivity index (χ0n) is 9.88. The normalized spacial score (nSPS) is 10.3. The minimum Gasteiger partial charge on any atom is -0.356 e. The monoisotopic (exact) mass is 263 g/mol. The van der Waals surface area contributed by atoms with Crippen LogP contribution in [0.25, 0.3) is 11.5 Å². The predicted molar refractivity (Wildman–Crippen MR) is 69.0 cm³/mol. The second-order valence-corrected chi connectivity index (χ2v) is 4.37. The lowest BCUT2D eigenvalue weighted by molar-refractivity contribution is -0.118. The summed E-state index contributed by atoms with van der Waals surface area (Å²) in [6.07, 6.45) is 1.69. The first-order valence-corrected chi connectivity index (χ1v) is 6.51. The van der Waals surface area contributed by atoms with Gasteiger partial charge < -0.3 is 5.32 Å². The minimum absolute atomic E-state index is 0.0216. The number of carbonyl (C=O) groups excluding carboxylic acids is 1. The zero-order valence-corrected chi connectivity index (χ0v) is 10.7. The second-order valence-electron chi connectivity index (χ2n) is 3.42. The van der Waals surface area contributed by atoms with Crippen molar-refractivity contribution in [3.63, 3.8) is 0 Å². The molecule has 0 aliphatic heterocycles. The van der Waals surface area contributed by atoms with Crippen molar-refractivity contribution < 1.29 is 4.79 Å². The number of nitrogens with one attached hydrogen (secondary N) is 2. The van der Waals surface area contributed by atoms with Gasteiger partial charge in [0, 0.05) is 12.7 Å². The topological polar surface area (TPSA) is 83.6 Å². The van der Waals surface area contributed by atoms with Crippen molar-refractivity contribution in [2.45, 2.75) is 12.1 Å². The lowest BCUT2D eigenvalue weighted by Crippen LogP contribution is -2.24. The fraction of sp³-hybridized carbons (Fsp3) is 0.273. The highest BCUT2D eigenvalue weighted by Gasteiger charge is 2.08. The van der Waals surface area contributed by atoms with Crippen molar-refractivity contribution in [1.82, 2.24) is 25.5 Å². The van der Waals surface area contributed by atoms with Crippen molar-refractivity contribution in [3.05, 3.63) is 24.4 Å². The third kappa shape index (κ3) is 3.30. The van der Waals surface area contributed by atoms with Crippen LogP contribution < -0.4 is 5.32 Å². The van der Waals surface area contributed by atoms with Gasteiger partial charge in [-0.1, -0.05) is 17.8 Å². The maximum atomic E-state index is 11.3. The average Bonchev–Trinajstić information content (AvgIpc) is 2.87. The SMILES string of the molecule is CCNC(=O)CSc1n[nH]c(-c2ccccn2)n1. The molecule has 18 heavy (non-hydrogen) atoms. The van der Waals surface area contributed by atoms with Crippen LogP contribution in [0.1, 0.15) is 6.92 Å². The van der Waals surface area contributed by atoms with Crippen LogP contribution in [0.4, 0.5) is 0 Å². The van der Waals surface area contributed by atoms with Crippen molar-refractivity contribution in [3.8, 4) is 11.5 Å². The number of aromatic nitrogens is 4. The van der Waals surface area contributed by atoms with E-state index in [0.717, 1.165) is 5.69 Å². The Morgan fingerprint density at radius 1 is 1.50 bits per heavy atom. The molecule has 2 N–H and O–H groups in total. The van der Waals surface area contributed by atoms with E-state index in [1.807, 2.05) is 25.1 Å². The van der Waals surface area contributed by atoms with Crippen molar-refractivity contribution in [2.24, 2.45) is 0 Å². The van der Waals surface area contributed by atoms with Gasteiger partial charge in [0.2, 0.25) is 11.1 Å². The van der Waals surface area contributed by atoms with E-state index >= 15 is 0 Å². The van der Waals surface area contributed by atoms with Gasteiger partial charge in [-0.25, -0.2) is 0 Å². The number of nitrogens with zero attached hydrogens (tertiary/aromatic N) is 3. The van der Waals surface area contributed by atoms with Gasteiger partial charge in [0.1, 0.15) is 5.69 Å². The third-order valence-electron chi connectivity index (χ3n) is 2.08. The summed E-state index contributed by atoms with van der Waals surface area (Å²) in [6.45, 7) is 2.51. The molecular weight excluding hydrogens is 250 g/mol. The molecule has 0 bridgehead atoms. The molecule has 0 saturated carbocycles. The van der Waals surface area contributed by atoms with Gasteiger partial charge in [-0.2, -0.15) is 4.98 Å². The molecule has 0 fully saturated rings. The molecule has 2 rings (SSSR count). The number of H-pyrrole nitrogens is 1. The Balaban J connectivity index is 1.97. The van der Waals surface area contributed by atoms with Crippen molar-refractivity contribution in [1.29, 1.82) is 0 Å². The fourth-order valence-electron chi connectivity index (χ4n) is 1.31. The third-order valence-corrected chi connectivity index (χ3v) is 2.93. The lowest BCUT2D eigenvalue weighted by atomic mass is 10.3. The summed E-state index contributed by atoms with van der Waals surface area (Å²) in [6, 6.07) is 5.57. The molecule has 0 aliphatic carbocycles. The summed E-state index contributed by atoms with van der Waals surface area (Å²) < 4.78 is 0. The van der Waals surface area contributed by atoms with Gasteiger partial charge in [-0.3, -0.25) is 14.9 Å². The maximum absolute atomic E-state index is 11.3. The molecule has 0 unspecified atom stereocenters. The smallest absolute Gasteiger partial charge is 0.230 e. The number of pyridine rings is 1. The van der Waals surface area contributed by atoms with E-state index in [1.165, 1.54) is 11.8 Å². The Labute approximate surface area is 109 Å². The van der Waals surface area contributed by atoms with E-state index in [1.54, 1.807) is 6.20 Å². The number of amides is 1. The molecule has 94 valence electrons. The van der Waals surface area contributed by atoms with Crippen LogP contribution in [0.3, 0.4) is 0 Å². The molecular formula is C11H13N5OS. The summed E-state index contributed by atoms with van der Waals surface area (Å²) in [5.41, 5.74) is 0.731. The van der Waals surface area contributed by atoms with Crippen LogP contribution >= 0.6 is 11.8 Å². The van der Waals surface area contributed by atoms with Crippen LogP contribution in [0.15, 0.2) is 29.6 Å². The number of hydrogen-bond acceptors (Lipinski definition) is 5. The summed E-state index contributed by atoms with van der Waals surface area (Å²) in [5, 5.41) is 10.1. The number of rotatable bonds is 5. The summed E-state index contributed by atoms with van der Waals surface area (Å²) in [7, 11) is 0. The number of aromatic amines is 1. The quantitative estimate of drug-likeness (QED) is 0.789. The van der Waals surface area contributed by atoms with E-state index in [9.17, 15) is 4.79 Å². The number of thioether (sulfide) groups is 1. The van der Waals surface area contributed by atoms with Crippen LogP contribution in [0, 0.1) is 0 Å². The summed E-state index contributed by atoms with van der Waals surface area (Å²) >= 11 is 1.29. The lowest BCUT2D eigenvalue weighted by Gasteiger charge is -1.98. The summed E-state index contributed by atoms with van der Waals surface area (Å²) in [4.78, 5) is 19.7.